The normalized spacial score (nSPS) is 21.1. The van der Waals surface area contributed by atoms with Gasteiger partial charge >= 0.3 is 0 Å². The number of aromatic amines is 1. The third-order valence-electron chi connectivity index (χ3n) is 4.67. The fraction of sp³-hybridized carbons (Fsp3) is 0.611. The Balaban J connectivity index is 1.57. The van der Waals surface area contributed by atoms with E-state index in [0.717, 1.165) is 18.0 Å². The average molecular weight is 300 g/mol. The number of nitrogens with one attached hydrogen (secondary N) is 2. The third kappa shape index (κ3) is 3.80. The number of fused-ring (bicyclic) bond motifs is 1. The second-order valence-corrected chi connectivity index (χ2v) is 6.81. The van der Waals surface area contributed by atoms with Crippen LogP contribution in [0.1, 0.15) is 39.5 Å². The summed E-state index contributed by atoms with van der Waals surface area (Å²) in [6.07, 6.45) is 7.08. The number of hydrogen-bond acceptors (Lipinski definition) is 3. The minimum absolute atomic E-state index is 0.562. The van der Waals surface area contributed by atoms with Gasteiger partial charge in [-0.15, -0.1) is 0 Å². The first-order valence-electron chi connectivity index (χ1n) is 8.66. The topological polar surface area (TPSA) is 44.0 Å². The number of likely N-dealkylation sites (tertiary alicyclic amines) is 1. The van der Waals surface area contributed by atoms with Crippen LogP contribution < -0.4 is 5.32 Å². The van der Waals surface area contributed by atoms with Crippen molar-refractivity contribution in [2.75, 3.05) is 25.0 Å². The van der Waals surface area contributed by atoms with Gasteiger partial charge in [0.1, 0.15) is 0 Å². The number of anilines is 1. The van der Waals surface area contributed by atoms with Crippen LogP contribution in [0, 0.1) is 5.92 Å². The summed E-state index contributed by atoms with van der Waals surface area (Å²) in [5, 5.41) is 12.0. The zero-order chi connectivity index (χ0) is 15.4. The summed E-state index contributed by atoms with van der Waals surface area (Å²) in [5.41, 5.74) is 2.31. The Morgan fingerprint density at radius 1 is 1.45 bits per heavy atom. The number of aromatic nitrogens is 2. The van der Waals surface area contributed by atoms with Crippen LogP contribution in [-0.4, -0.2) is 40.8 Å². The molecule has 0 amide bonds. The molecule has 2 heterocycles. The zero-order valence-corrected chi connectivity index (χ0v) is 13.8. The number of H-pyrrole nitrogens is 1. The molecule has 3 rings (SSSR count). The lowest BCUT2D eigenvalue weighted by atomic mass is 10.0. The monoisotopic (exact) mass is 300 g/mol. The van der Waals surface area contributed by atoms with Crippen molar-refractivity contribution in [2.45, 2.75) is 45.6 Å². The van der Waals surface area contributed by atoms with E-state index < -0.39 is 0 Å². The van der Waals surface area contributed by atoms with Crippen molar-refractivity contribution < 1.29 is 0 Å². The summed E-state index contributed by atoms with van der Waals surface area (Å²) in [5.74, 6) is 0.811. The quantitative estimate of drug-likeness (QED) is 0.851. The maximum atomic E-state index is 4.09. The van der Waals surface area contributed by atoms with Crippen LogP contribution in [0.4, 0.5) is 5.69 Å². The maximum Gasteiger partial charge on any atom is 0.0651 e. The van der Waals surface area contributed by atoms with Crippen molar-refractivity contribution in [3.8, 4) is 0 Å². The Bertz CT molecular complexity index is 592. The summed E-state index contributed by atoms with van der Waals surface area (Å²) < 4.78 is 0. The molecule has 120 valence electrons. The van der Waals surface area contributed by atoms with Crippen molar-refractivity contribution in [3.05, 3.63) is 24.4 Å². The van der Waals surface area contributed by atoms with Crippen LogP contribution in [0.25, 0.3) is 10.9 Å². The van der Waals surface area contributed by atoms with Gasteiger partial charge in [-0.25, -0.2) is 0 Å². The van der Waals surface area contributed by atoms with Gasteiger partial charge in [0, 0.05) is 30.2 Å². The first kappa shape index (κ1) is 15.3. The fourth-order valence-electron chi connectivity index (χ4n) is 3.63. The first-order chi connectivity index (χ1) is 10.7. The molecule has 4 heteroatoms. The molecule has 1 aliphatic heterocycles. The van der Waals surface area contributed by atoms with Crippen molar-refractivity contribution in [1.29, 1.82) is 0 Å². The fourth-order valence-corrected chi connectivity index (χ4v) is 3.63. The summed E-state index contributed by atoms with van der Waals surface area (Å²) >= 11 is 0. The van der Waals surface area contributed by atoms with Crippen LogP contribution in [0.3, 0.4) is 0 Å². The molecule has 2 aromatic rings. The highest BCUT2D eigenvalue weighted by molar-refractivity contribution is 5.81. The van der Waals surface area contributed by atoms with Crippen molar-refractivity contribution >= 4 is 16.6 Å². The van der Waals surface area contributed by atoms with Gasteiger partial charge in [0.25, 0.3) is 0 Å². The Hall–Kier alpha value is -1.55. The van der Waals surface area contributed by atoms with E-state index in [4.69, 9.17) is 0 Å². The number of nitrogens with zero attached hydrogens (tertiary/aromatic N) is 2. The van der Waals surface area contributed by atoms with E-state index in [9.17, 15) is 0 Å². The molecule has 1 aliphatic rings. The largest absolute Gasteiger partial charge is 0.381 e. The highest BCUT2D eigenvalue weighted by Gasteiger charge is 2.20. The Morgan fingerprint density at radius 2 is 2.36 bits per heavy atom. The van der Waals surface area contributed by atoms with Gasteiger partial charge in [-0.1, -0.05) is 20.3 Å². The predicted molar refractivity (Wildman–Crippen MR) is 93.3 cm³/mol. The van der Waals surface area contributed by atoms with Gasteiger partial charge in [0.2, 0.25) is 0 Å². The molecule has 1 aromatic carbocycles. The minimum atomic E-state index is 0.562. The van der Waals surface area contributed by atoms with Crippen LogP contribution in [0.15, 0.2) is 24.4 Å². The van der Waals surface area contributed by atoms with Gasteiger partial charge in [-0.3, -0.25) is 5.10 Å². The first-order valence-corrected chi connectivity index (χ1v) is 8.66. The molecule has 1 saturated heterocycles. The van der Waals surface area contributed by atoms with E-state index in [1.807, 2.05) is 6.20 Å². The molecule has 2 atom stereocenters. The predicted octanol–water partition coefficient (Wildman–Crippen LogP) is 3.88. The molecular formula is C18H28N4. The minimum Gasteiger partial charge on any atom is -0.381 e. The Morgan fingerprint density at radius 3 is 3.23 bits per heavy atom. The molecule has 22 heavy (non-hydrogen) atoms. The Labute approximate surface area is 133 Å². The SMILES string of the molecule is CCCC(C)CN1CCCC(Nc2ccc3[nH]ncc3c2)C1. The molecule has 2 N–H and O–H groups in total. The highest BCUT2D eigenvalue weighted by atomic mass is 15.2. The van der Waals surface area contributed by atoms with Crippen molar-refractivity contribution in [1.82, 2.24) is 15.1 Å². The van der Waals surface area contributed by atoms with E-state index in [0.29, 0.717) is 6.04 Å². The van der Waals surface area contributed by atoms with Crippen LogP contribution >= 0.6 is 0 Å². The van der Waals surface area contributed by atoms with Crippen molar-refractivity contribution in [3.63, 3.8) is 0 Å². The van der Waals surface area contributed by atoms with Gasteiger partial charge < -0.3 is 10.2 Å². The lowest BCUT2D eigenvalue weighted by Crippen LogP contribution is -2.43. The van der Waals surface area contributed by atoms with Gasteiger partial charge in [0.15, 0.2) is 0 Å². The maximum absolute atomic E-state index is 4.09. The van der Waals surface area contributed by atoms with E-state index in [-0.39, 0.29) is 0 Å². The number of rotatable bonds is 6. The molecule has 0 bridgehead atoms. The molecule has 0 radical (unpaired) electrons. The Kier molecular flexibility index (Phi) is 4.98. The van der Waals surface area contributed by atoms with Gasteiger partial charge in [-0.2, -0.15) is 5.10 Å². The third-order valence-corrected chi connectivity index (χ3v) is 4.67. The zero-order valence-electron chi connectivity index (χ0n) is 13.8. The highest BCUT2D eigenvalue weighted by Crippen LogP contribution is 2.21. The lowest BCUT2D eigenvalue weighted by Gasteiger charge is -2.35. The molecule has 2 unspecified atom stereocenters. The van der Waals surface area contributed by atoms with Crippen LogP contribution in [-0.2, 0) is 0 Å². The number of benzene rings is 1. The summed E-state index contributed by atoms with van der Waals surface area (Å²) in [6, 6.07) is 7.01. The summed E-state index contributed by atoms with van der Waals surface area (Å²) in [6.45, 7) is 8.33. The summed E-state index contributed by atoms with van der Waals surface area (Å²) in [7, 11) is 0. The van der Waals surface area contributed by atoms with E-state index in [2.05, 4.69) is 52.5 Å². The van der Waals surface area contributed by atoms with Crippen LogP contribution in [0.5, 0.6) is 0 Å². The molecule has 1 fully saturated rings. The summed E-state index contributed by atoms with van der Waals surface area (Å²) in [4.78, 5) is 2.64. The van der Waals surface area contributed by atoms with E-state index in [1.54, 1.807) is 0 Å². The molecule has 1 aromatic heterocycles. The molecule has 0 spiro atoms. The molecule has 0 saturated carbocycles. The average Bonchev–Trinajstić information content (AvgIpc) is 2.95. The van der Waals surface area contributed by atoms with Gasteiger partial charge in [0.05, 0.1) is 11.7 Å². The van der Waals surface area contributed by atoms with Crippen LogP contribution in [0.2, 0.25) is 0 Å². The van der Waals surface area contributed by atoms with Crippen molar-refractivity contribution in [2.24, 2.45) is 5.92 Å². The smallest absolute Gasteiger partial charge is 0.0651 e. The number of piperidine rings is 1. The van der Waals surface area contributed by atoms with Gasteiger partial charge in [-0.05, 0) is 49.9 Å². The molecular weight excluding hydrogens is 272 g/mol. The van der Waals surface area contributed by atoms with E-state index in [1.165, 1.54) is 49.8 Å². The second-order valence-electron chi connectivity index (χ2n) is 6.81. The lowest BCUT2D eigenvalue weighted by molar-refractivity contribution is 0.187. The molecule has 4 nitrogen and oxygen atoms in total. The standard InChI is InChI=1S/C18H28N4/c1-3-5-14(2)12-22-9-4-6-17(13-22)20-16-7-8-18-15(10-16)11-19-21-18/h7-8,10-11,14,17,20H,3-6,9,12-13H2,1-2H3,(H,19,21). The molecule has 0 aliphatic carbocycles. The number of hydrogen-bond donors (Lipinski definition) is 2. The second kappa shape index (κ2) is 7.14. The van der Waals surface area contributed by atoms with E-state index >= 15 is 0 Å².